The Kier molecular flexibility index (Phi) is 5.38. The van der Waals surface area contributed by atoms with Crippen molar-refractivity contribution in [3.63, 3.8) is 0 Å². The monoisotopic (exact) mass is 327 g/mol. The van der Waals surface area contributed by atoms with Crippen LogP contribution in [0.5, 0.6) is 11.5 Å². The van der Waals surface area contributed by atoms with Crippen LogP contribution >= 0.6 is 0 Å². The Morgan fingerprint density at radius 3 is 2.74 bits per heavy atom. The second-order valence-electron chi connectivity index (χ2n) is 5.00. The largest absolute Gasteiger partial charge is 0.493 e. The molecule has 2 rings (SSSR count). The average Bonchev–Trinajstić information content (AvgIpc) is 2.53. The SMILES string of the molecule is COc1ccc(F)c(C(=O)N2CCOC(CC(=O)O)C2)c1OC. The van der Waals surface area contributed by atoms with Crippen molar-refractivity contribution in [1.29, 1.82) is 0 Å². The molecule has 1 amide bonds. The first-order valence-electron chi connectivity index (χ1n) is 7.01. The fraction of sp³-hybridized carbons (Fsp3) is 0.467. The standard InChI is InChI=1S/C15H18FNO6/c1-21-11-4-3-10(16)13(14(11)22-2)15(20)17-5-6-23-9(8-17)7-12(18)19/h3-4,9H,5-8H2,1-2H3,(H,18,19). The third-order valence-corrected chi connectivity index (χ3v) is 3.54. The highest BCUT2D eigenvalue weighted by Crippen LogP contribution is 2.34. The molecular formula is C15H18FNO6. The van der Waals surface area contributed by atoms with E-state index in [2.05, 4.69) is 0 Å². The molecule has 1 unspecified atom stereocenters. The zero-order chi connectivity index (χ0) is 17.0. The second-order valence-corrected chi connectivity index (χ2v) is 5.00. The summed E-state index contributed by atoms with van der Waals surface area (Å²) < 4.78 is 29.7. The zero-order valence-corrected chi connectivity index (χ0v) is 12.9. The van der Waals surface area contributed by atoms with Crippen molar-refractivity contribution in [3.05, 3.63) is 23.5 Å². The van der Waals surface area contributed by atoms with E-state index in [9.17, 15) is 14.0 Å². The van der Waals surface area contributed by atoms with E-state index in [1.807, 2.05) is 0 Å². The maximum Gasteiger partial charge on any atom is 0.306 e. The van der Waals surface area contributed by atoms with Crippen molar-refractivity contribution in [3.8, 4) is 11.5 Å². The molecule has 0 bridgehead atoms. The van der Waals surface area contributed by atoms with E-state index in [1.165, 1.54) is 25.2 Å². The Balaban J connectivity index is 2.27. The van der Waals surface area contributed by atoms with Gasteiger partial charge in [-0.3, -0.25) is 9.59 Å². The van der Waals surface area contributed by atoms with Crippen molar-refractivity contribution in [2.75, 3.05) is 33.9 Å². The van der Waals surface area contributed by atoms with Crippen LogP contribution in [0.1, 0.15) is 16.8 Å². The second kappa shape index (κ2) is 7.28. The number of hydrogen-bond acceptors (Lipinski definition) is 5. The van der Waals surface area contributed by atoms with E-state index >= 15 is 0 Å². The maximum absolute atomic E-state index is 14.2. The Hall–Kier alpha value is -2.35. The molecule has 1 fully saturated rings. The number of carboxylic acids is 1. The zero-order valence-electron chi connectivity index (χ0n) is 12.9. The van der Waals surface area contributed by atoms with E-state index in [-0.39, 0.29) is 43.2 Å². The number of methoxy groups -OCH3 is 2. The predicted octanol–water partition coefficient (Wildman–Crippen LogP) is 1.16. The fourth-order valence-corrected chi connectivity index (χ4v) is 2.48. The van der Waals surface area contributed by atoms with Crippen LogP contribution in [0.3, 0.4) is 0 Å². The number of nitrogens with zero attached hydrogens (tertiary/aromatic N) is 1. The van der Waals surface area contributed by atoms with Gasteiger partial charge in [-0.05, 0) is 12.1 Å². The summed E-state index contributed by atoms with van der Waals surface area (Å²) in [4.78, 5) is 24.8. The number of aliphatic carboxylic acids is 1. The summed E-state index contributed by atoms with van der Waals surface area (Å²) in [5, 5.41) is 8.82. The van der Waals surface area contributed by atoms with Crippen LogP contribution < -0.4 is 9.47 Å². The van der Waals surface area contributed by atoms with Crippen LogP contribution in [0.25, 0.3) is 0 Å². The highest BCUT2D eigenvalue weighted by Gasteiger charge is 2.31. The van der Waals surface area contributed by atoms with Crippen molar-refractivity contribution in [2.24, 2.45) is 0 Å². The number of hydrogen-bond donors (Lipinski definition) is 1. The number of carboxylic acid groups (broad SMARTS) is 1. The molecule has 7 nitrogen and oxygen atoms in total. The first kappa shape index (κ1) is 17.0. The molecule has 0 spiro atoms. The molecule has 23 heavy (non-hydrogen) atoms. The minimum atomic E-state index is -1.02. The maximum atomic E-state index is 14.2. The lowest BCUT2D eigenvalue weighted by Gasteiger charge is -2.32. The molecule has 1 N–H and O–H groups in total. The molecule has 1 aromatic carbocycles. The Bertz CT molecular complexity index is 606. The van der Waals surface area contributed by atoms with E-state index in [4.69, 9.17) is 19.3 Å². The Labute approximate surface area is 132 Å². The first-order chi connectivity index (χ1) is 11.0. The third kappa shape index (κ3) is 3.70. The smallest absolute Gasteiger partial charge is 0.306 e. The van der Waals surface area contributed by atoms with Gasteiger partial charge in [-0.15, -0.1) is 0 Å². The van der Waals surface area contributed by atoms with Gasteiger partial charge in [0.15, 0.2) is 11.5 Å². The highest BCUT2D eigenvalue weighted by atomic mass is 19.1. The first-order valence-corrected chi connectivity index (χ1v) is 7.01. The summed E-state index contributed by atoms with van der Waals surface area (Å²) in [5.74, 6) is -2.08. The summed E-state index contributed by atoms with van der Waals surface area (Å²) >= 11 is 0. The molecule has 1 saturated heterocycles. The molecule has 1 aliphatic rings. The van der Waals surface area contributed by atoms with E-state index in [1.54, 1.807) is 0 Å². The number of carbonyl (C=O) groups excluding carboxylic acids is 1. The van der Waals surface area contributed by atoms with Gasteiger partial charge in [0.1, 0.15) is 11.4 Å². The van der Waals surface area contributed by atoms with Gasteiger partial charge in [0, 0.05) is 13.1 Å². The summed E-state index contributed by atoms with van der Waals surface area (Å²) in [6.07, 6.45) is -0.841. The fourth-order valence-electron chi connectivity index (χ4n) is 2.48. The molecule has 0 aromatic heterocycles. The van der Waals surface area contributed by atoms with Crippen LogP contribution in [-0.4, -0.2) is 61.9 Å². The number of amides is 1. The van der Waals surface area contributed by atoms with Gasteiger partial charge in [-0.25, -0.2) is 4.39 Å². The van der Waals surface area contributed by atoms with Crippen LogP contribution in [0, 0.1) is 5.82 Å². The van der Waals surface area contributed by atoms with Gasteiger partial charge in [-0.1, -0.05) is 0 Å². The van der Waals surface area contributed by atoms with Gasteiger partial charge in [-0.2, -0.15) is 0 Å². The molecule has 0 aliphatic carbocycles. The Morgan fingerprint density at radius 1 is 1.39 bits per heavy atom. The lowest BCUT2D eigenvalue weighted by atomic mass is 10.1. The lowest BCUT2D eigenvalue weighted by Crippen LogP contribution is -2.46. The van der Waals surface area contributed by atoms with E-state index in [0.717, 1.165) is 6.07 Å². The minimum absolute atomic E-state index is 0.0128. The highest BCUT2D eigenvalue weighted by molar-refractivity contribution is 5.98. The van der Waals surface area contributed by atoms with Gasteiger partial charge in [0.25, 0.3) is 5.91 Å². The lowest BCUT2D eigenvalue weighted by molar-refractivity contribution is -0.141. The van der Waals surface area contributed by atoms with Gasteiger partial charge < -0.3 is 24.2 Å². The molecule has 126 valence electrons. The van der Waals surface area contributed by atoms with Gasteiger partial charge >= 0.3 is 5.97 Å². The summed E-state index contributed by atoms with van der Waals surface area (Å²) in [6.45, 7) is 0.511. The molecule has 1 atom stereocenters. The van der Waals surface area contributed by atoms with Gasteiger partial charge in [0.2, 0.25) is 0 Å². The van der Waals surface area contributed by atoms with Crippen molar-refractivity contribution < 1.29 is 33.3 Å². The molecule has 8 heteroatoms. The number of benzene rings is 1. The quantitative estimate of drug-likeness (QED) is 0.873. The normalized spacial score (nSPS) is 17.7. The van der Waals surface area contributed by atoms with Crippen LogP contribution in [0.4, 0.5) is 4.39 Å². The number of morpholine rings is 1. The van der Waals surface area contributed by atoms with Crippen molar-refractivity contribution in [2.45, 2.75) is 12.5 Å². The molecule has 1 aromatic rings. The van der Waals surface area contributed by atoms with Crippen LogP contribution in [-0.2, 0) is 9.53 Å². The van der Waals surface area contributed by atoms with Crippen LogP contribution in [0.2, 0.25) is 0 Å². The molecular weight excluding hydrogens is 309 g/mol. The number of carbonyl (C=O) groups is 2. The van der Waals surface area contributed by atoms with Gasteiger partial charge in [0.05, 0.1) is 33.4 Å². The number of halogens is 1. The van der Waals surface area contributed by atoms with E-state index < -0.39 is 23.8 Å². The number of ether oxygens (including phenoxy) is 3. The Morgan fingerprint density at radius 2 is 2.13 bits per heavy atom. The molecule has 1 aliphatic heterocycles. The van der Waals surface area contributed by atoms with Crippen molar-refractivity contribution in [1.82, 2.24) is 4.90 Å². The predicted molar refractivity (Wildman–Crippen MR) is 77.4 cm³/mol. The van der Waals surface area contributed by atoms with Crippen LogP contribution in [0.15, 0.2) is 12.1 Å². The summed E-state index contributed by atoms with van der Waals surface area (Å²) in [6, 6.07) is 2.50. The van der Waals surface area contributed by atoms with Crippen molar-refractivity contribution >= 4 is 11.9 Å². The molecule has 0 saturated carbocycles. The topological polar surface area (TPSA) is 85.3 Å². The third-order valence-electron chi connectivity index (χ3n) is 3.54. The minimum Gasteiger partial charge on any atom is -0.493 e. The van der Waals surface area contributed by atoms with E-state index in [0.29, 0.717) is 0 Å². The average molecular weight is 327 g/mol. The summed E-state index contributed by atoms with van der Waals surface area (Å²) in [5.41, 5.74) is -0.233. The summed E-state index contributed by atoms with van der Waals surface area (Å²) in [7, 11) is 2.71. The molecule has 1 heterocycles. The molecule has 0 radical (unpaired) electrons. The number of rotatable bonds is 5.